The maximum absolute atomic E-state index is 14.2. The van der Waals surface area contributed by atoms with Gasteiger partial charge in [-0.25, -0.2) is 12.8 Å². The van der Waals surface area contributed by atoms with Crippen LogP contribution in [0.2, 0.25) is 0 Å². The van der Waals surface area contributed by atoms with Gasteiger partial charge < -0.3 is 19.9 Å². The lowest BCUT2D eigenvalue weighted by atomic mass is 10.2. The van der Waals surface area contributed by atoms with Crippen LogP contribution in [0.4, 0.5) is 10.1 Å². The van der Waals surface area contributed by atoms with Crippen molar-refractivity contribution >= 4 is 21.6 Å². The summed E-state index contributed by atoms with van der Waals surface area (Å²) in [5, 5.41) is 12.2. The van der Waals surface area contributed by atoms with E-state index in [1.807, 2.05) is 0 Å². The van der Waals surface area contributed by atoms with Crippen LogP contribution in [-0.2, 0) is 14.8 Å². The molecule has 2 N–H and O–H groups in total. The first-order chi connectivity index (χ1) is 13.3. The molecular formula is C18H19FN2O6S. The zero-order valence-corrected chi connectivity index (χ0v) is 15.8. The molecule has 0 radical (unpaired) electrons. The standard InChI is InChI=1S/C18H19FN2O6S/c1-26-17-5-2-12(10-16(17)22)20-18(23)14-11-13(3-4-15(14)19)28(24,25)21-6-8-27-9-7-21/h2-5,10-11,22H,6-9H2,1H3,(H,20,23). The Morgan fingerprint density at radius 1 is 1.21 bits per heavy atom. The molecule has 0 spiro atoms. The molecule has 0 bridgehead atoms. The molecule has 0 saturated carbocycles. The third-order valence-corrected chi connectivity index (χ3v) is 6.12. The number of aromatic hydroxyl groups is 1. The lowest BCUT2D eigenvalue weighted by molar-refractivity contribution is 0.0730. The molecule has 0 unspecified atom stereocenters. The highest BCUT2D eigenvalue weighted by Crippen LogP contribution is 2.29. The average molecular weight is 410 g/mol. The molecule has 150 valence electrons. The highest BCUT2D eigenvalue weighted by atomic mass is 32.2. The number of nitrogens with one attached hydrogen (secondary N) is 1. The van der Waals surface area contributed by atoms with Gasteiger partial charge in [-0.2, -0.15) is 4.31 Å². The number of carbonyl (C=O) groups excluding carboxylic acids is 1. The highest BCUT2D eigenvalue weighted by molar-refractivity contribution is 7.89. The predicted octanol–water partition coefficient (Wildman–Crippen LogP) is 1.81. The smallest absolute Gasteiger partial charge is 0.258 e. The van der Waals surface area contributed by atoms with Crippen molar-refractivity contribution in [3.05, 3.63) is 47.8 Å². The number of hydrogen-bond donors (Lipinski definition) is 2. The van der Waals surface area contributed by atoms with Crippen molar-refractivity contribution in [2.24, 2.45) is 0 Å². The lowest BCUT2D eigenvalue weighted by Gasteiger charge is -2.26. The zero-order valence-electron chi connectivity index (χ0n) is 15.0. The molecule has 0 atom stereocenters. The fourth-order valence-electron chi connectivity index (χ4n) is 2.74. The summed E-state index contributed by atoms with van der Waals surface area (Å²) in [7, 11) is -2.50. The summed E-state index contributed by atoms with van der Waals surface area (Å²) in [6.07, 6.45) is 0. The van der Waals surface area contributed by atoms with E-state index in [2.05, 4.69) is 5.32 Å². The van der Waals surface area contributed by atoms with Gasteiger partial charge >= 0.3 is 0 Å². The van der Waals surface area contributed by atoms with Crippen LogP contribution < -0.4 is 10.1 Å². The topological polar surface area (TPSA) is 105 Å². The number of amides is 1. The first-order valence-electron chi connectivity index (χ1n) is 8.38. The van der Waals surface area contributed by atoms with Gasteiger partial charge in [0.05, 0.1) is 30.8 Å². The van der Waals surface area contributed by atoms with Crippen LogP contribution in [0.3, 0.4) is 0 Å². The molecule has 1 saturated heterocycles. The number of anilines is 1. The normalized spacial score (nSPS) is 15.2. The van der Waals surface area contributed by atoms with E-state index in [4.69, 9.17) is 9.47 Å². The van der Waals surface area contributed by atoms with Crippen molar-refractivity contribution in [1.29, 1.82) is 0 Å². The Hall–Kier alpha value is -2.69. The molecule has 1 aliphatic heterocycles. The van der Waals surface area contributed by atoms with Gasteiger partial charge in [0.25, 0.3) is 5.91 Å². The minimum Gasteiger partial charge on any atom is -0.504 e. The number of sulfonamides is 1. The number of hydrogen-bond acceptors (Lipinski definition) is 6. The number of ether oxygens (including phenoxy) is 2. The van der Waals surface area contributed by atoms with Crippen LogP contribution in [-0.4, -0.2) is 57.1 Å². The van der Waals surface area contributed by atoms with Crippen LogP contribution in [0.5, 0.6) is 11.5 Å². The van der Waals surface area contributed by atoms with E-state index in [1.54, 1.807) is 0 Å². The second-order valence-electron chi connectivity index (χ2n) is 6.00. The summed E-state index contributed by atoms with van der Waals surface area (Å²) in [6, 6.07) is 7.19. The summed E-state index contributed by atoms with van der Waals surface area (Å²) in [5.41, 5.74) is -0.228. The van der Waals surface area contributed by atoms with Crippen LogP contribution in [0.1, 0.15) is 10.4 Å². The largest absolute Gasteiger partial charge is 0.504 e. The van der Waals surface area contributed by atoms with E-state index >= 15 is 0 Å². The molecule has 1 amide bonds. The minimum absolute atomic E-state index is 0.182. The van der Waals surface area contributed by atoms with Gasteiger partial charge in [-0.1, -0.05) is 0 Å². The highest BCUT2D eigenvalue weighted by Gasteiger charge is 2.28. The Kier molecular flexibility index (Phi) is 5.82. The van der Waals surface area contributed by atoms with Crippen molar-refractivity contribution < 1.29 is 32.2 Å². The molecule has 3 rings (SSSR count). The summed E-state index contributed by atoms with van der Waals surface area (Å²) >= 11 is 0. The second-order valence-corrected chi connectivity index (χ2v) is 7.94. The average Bonchev–Trinajstić information content (AvgIpc) is 2.69. The Bertz CT molecular complexity index is 990. The summed E-state index contributed by atoms with van der Waals surface area (Å²) in [6.45, 7) is 0.919. The maximum atomic E-state index is 14.2. The van der Waals surface area contributed by atoms with Gasteiger partial charge in [0, 0.05) is 24.8 Å². The number of phenols is 1. The van der Waals surface area contributed by atoms with E-state index in [0.717, 1.165) is 18.2 Å². The van der Waals surface area contributed by atoms with Crippen molar-refractivity contribution in [2.75, 3.05) is 38.7 Å². The number of rotatable bonds is 5. The van der Waals surface area contributed by atoms with Crippen LogP contribution in [0.25, 0.3) is 0 Å². The van der Waals surface area contributed by atoms with Gasteiger partial charge in [0.2, 0.25) is 10.0 Å². The fourth-order valence-corrected chi connectivity index (χ4v) is 4.18. The maximum Gasteiger partial charge on any atom is 0.258 e. The Labute approximate surface area is 161 Å². The van der Waals surface area contributed by atoms with Gasteiger partial charge in [0.1, 0.15) is 5.82 Å². The third-order valence-electron chi connectivity index (χ3n) is 4.23. The first-order valence-corrected chi connectivity index (χ1v) is 9.83. The van der Waals surface area contributed by atoms with Crippen molar-refractivity contribution in [3.8, 4) is 11.5 Å². The third kappa shape index (κ3) is 4.08. The van der Waals surface area contributed by atoms with Crippen molar-refractivity contribution in [2.45, 2.75) is 4.90 Å². The van der Waals surface area contributed by atoms with E-state index in [-0.39, 0.29) is 48.4 Å². The molecular weight excluding hydrogens is 391 g/mol. The molecule has 2 aromatic rings. The number of nitrogens with zero attached hydrogens (tertiary/aromatic N) is 1. The van der Waals surface area contributed by atoms with E-state index in [0.29, 0.717) is 0 Å². The van der Waals surface area contributed by atoms with Gasteiger partial charge in [0.15, 0.2) is 11.5 Å². The first kappa shape index (κ1) is 20.1. The molecule has 0 aromatic heterocycles. The SMILES string of the molecule is COc1ccc(NC(=O)c2cc(S(=O)(=O)N3CCOCC3)ccc2F)cc1O. The molecule has 1 fully saturated rings. The van der Waals surface area contributed by atoms with E-state index in [1.165, 1.54) is 29.6 Å². The second kappa shape index (κ2) is 8.13. The Morgan fingerprint density at radius 2 is 1.93 bits per heavy atom. The van der Waals surface area contributed by atoms with E-state index in [9.17, 15) is 22.7 Å². The Balaban J connectivity index is 1.86. The zero-order chi connectivity index (χ0) is 20.3. The number of methoxy groups -OCH3 is 1. The number of morpholine rings is 1. The molecule has 28 heavy (non-hydrogen) atoms. The van der Waals surface area contributed by atoms with Gasteiger partial charge in [-0.15, -0.1) is 0 Å². The van der Waals surface area contributed by atoms with E-state index < -0.39 is 27.3 Å². The predicted molar refractivity (Wildman–Crippen MR) is 98.6 cm³/mol. The van der Waals surface area contributed by atoms with Crippen molar-refractivity contribution in [1.82, 2.24) is 4.31 Å². The number of carbonyl (C=O) groups is 1. The minimum atomic E-state index is -3.87. The summed E-state index contributed by atoms with van der Waals surface area (Å²) in [5.74, 6) is -1.70. The fraction of sp³-hybridized carbons (Fsp3) is 0.278. The summed E-state index contributed by atoms with van der Waals surface area (Å²) < 4.78 is 50.9. The lowest BCUT2D eigenvalue weighted by Crippen LogP contribution is -2.40. The number of benzene rings is 2. The summed E-state index contributed by atoms with van der Waals surface area (Å²) in [4.78, 5) is 12.3. The van der Waals surface area contributed by atoms with Crippen LogP contribution in [0.15, 0.2) is 41.3 Å². The van der Waals surface area contributed by atoms with Gasteiger partial charge in [-0.3, -0.25) is 4.79 Å². The number of phenolic OH excluding ortho intramolecular Hbond substituents is 1. The van der Waals surface area contributed by atoms with Crippen LogP contribution >= 0.6 is 0 Å². The molecule has 1 aliphatic rings. The molecule has 1 heterocycles. The Morgan fingerprint density at radius 3 is 2.57 bits per heavy atom. The quantitative estimate of drug-likeness (QED) is 0.779. The molecule has 8 nitrogen and oxygen atoms in total. The van der Waals surface area contributed by atoms with Crippen molar-refractivity contribution in [3.63, 3.8) is 0 Å². The molecule has 2 aromatic carbocycles. The molecule has 0 aliphatic carbocycles. The molecule has 10 heteroatoms. The van der Waals surface area contributed by atoms with Crippen LogP contribution in [0, 0.1) is 5.82 Å². The number of halogens is 1. The van der Waals surface area contributed by atoms with Gasteiger partial charge in [-0.05, 0) is 30.3 Å². The monoisotopic (exact) mass is 410 g/mol.